The number of alkyl halides is 2. The Kier molecular flexibility index (Phi) is 6.69. The van der Waals surface area contributed by atoms with Gasteiger partial charge in [-0.15, -0.1) is 0 Å². The lowest BCUT2D eigenvalue weighted by atomic mass is 9.82. The Hall–Kier alpha value is -3.41. The van der Waals surface area contributed by atoms with Crippen LogP contribution in [0.4, 0.5) is 14.6 Å². The number of nitrogens with one attached hydrogen (secondary N) is 2. The van der Waals surface area contributed by atoms with Gasteiger partial charge in [0, 0.05) is 61.5 Å². The van der Waals surface area contributed by atoms with Crippen molar-refractivity contribution in [3.63, 3.8) is 0 Å². The molecule has 3 aromatic rings. The lowest BCUT2D eigenvalue weighted by Crippen LogP contribution is -2.39. The number of anilines is 1. The molecule has 1 saturated heterocycles. The van der Waals surface area contributed by atoms with E-state index in [1.165, 1.54) is 0 Å². The Morgan fingerprint density at radius 3 is 2.83 bits per heavy atom. The van der Waals surface area contributed by atoms with Crippen LogP contribution < -0.4 is 15.0 Å². The Labute approximate surface area is 206 Å². The van der Waals surface area contributed by atoms with Gasteiger partial charge in [0.2, 0.25) is 5.92 Å². The molecule has 2 fully saturated rings. The zero-order chi connectivity index (χ0) is 25.3. The summed E-state index contributed by atoms with van der Waals surface area (Å²) in [6.45, 7) is 2.88. The van der Waals surface area contributed by atoms with Gasteiger partial charge in [-0.3, -0.25) is 9.89 Å². The van der Waals surface area contributed by atoms with E-state index >= 15 is 0 Å². The summed E-state index contributed by atoms with van der Waals surface area (Å²) in [7, 11) is 0. The number of fused-ring (bicyclic) bond motifs is 1. The van der Waals surface area contributed by atoms with Crippen LogP contribution in [0.3, 0.4) is 0 Å². The summed E-state index contributed by atoms with van der Waals surface area (Å²) in [6, 6.07) is 5.03. The van der Waals surface area contributed by atoms with E-state index in [4.69, 9.17) is 4.74 Å². The van der Waals surface area contributed by atoms with Crippen molar-refractivity contribution in [3.8, 4) is 6.01 Å². The number of aromatic amines is 1. The number of hydrogen-bond donors (Lipinski definition) is 3. The first kappa shape index (κ1) is 24.3. The number of aliphatic hydroxyl groups is 1. The maximum atomic E-state index is 13.2. The van der Waals surface area contributed by atoms with Gasteiger partial charge in [-0.1, -0.05) is 0 Å². The molecule has 0 aromatic carbocycles. The number of aliphatic hydroxyl groups excluding tert-OH is 1. The van der Waals surface area contributed by atoms with E-state index in [-0.39, 0.29) is 49.6 Å². The number of H-pyrrole nitrogens is 1. The van der Waals surface area contributed by atoms with Gasteiger partial charge in [-0.05, 0) is 31.9 Å². The number of piperidine rings is 1. The molecule has 36 heavy (non-hydrogen) atoms. The van der Waals surface area contributed by atoms with Gasteiger partial charge in [-0.25, -0.2) is 13.8 Å². The molecule has 3 N–H and O–H groups in total. The van der Waals surface area contributed by atoms with Crippen molar-refractivity contribution in [1.29, 1.82) is 0 Å². The van der Waals surface area contributed by atoms with Crippen molar-refractivity contribution in [2.24, 2.45) is 5.92 Å². The van der Waals surface area contributed by atoms with Crippen molar-refractivity contribution >= 4 is 22.8 Å². The topological polar surface area (TPSA) is 129 Å². The van der Waals surface area contributed by atoms with Crippen LogP contribution in [0.25, 0.3) is 11.0 Å². The van der Waals surface area contributed by atoms with Gasteiger partial charge >= 0.3 is 6.01 Å². The smallest absolute Gasteiger partial charge is 0.319 e. The van der Waals surface area contributed by atoms with Crippen molar-refractivity contribution in [3.05, 3.63) is 35.8 Å². The number of aromatic nitrogens is 5. The van der Waals surface area contributed by atoms with E-state index in [9.17, 15) is 18.7 Å². The zero-order valence-corrected chi connectivity index (χ0v) is 20.0. The zero-order valence-electron chi connectivity index (χ0n) is 20.0. The Balaban J connectivity index is 1.31. The van der Waals surface area contributed by atoms with Gasteiger partial charge < -0.3 is 20.1 Å². The molecule has 0 unspecified atom stereocenters. The van der Waals surface area contributed by atoms with E-state index in [1.807, 2.05) is 12.1 Å². The van der Waals surface area contributed by atoms with E-state index in [0.717, 1.165) is 29.6 Å². The minimum Gasteiger partial charge on any atom is -0.463 e. The van der Waals surface area contributed by atoms with E-state index in [0.29, 0.717) is 18.9 Å². The molecule has 192 valence electrons. The lowest BCUT2D eigenvalue weighted by Gasteiger charge is -2.34. The molecule has 4 heterocycles. The molecule has 1 aliphatic heterocycles. The Morgan fingerprint density at radius 2 is 2.11 bits per heavy atom. The first-order chi connectivity index (χ1) is 17.3. The molecule has 12 heteroatoms. The molecule has 1 saturated carbocycles. The Bertz CT molecular complexity index is 1220. The quantitative estimate of drug-likeness (QED) is 0.430. The lowest BCUT2D eigenvalue weighted by molar-refractivity contribution is -0.119. The van der Waals surface area contributed by atoms with Crippen LogP contribution in [0.1, 0.15) is 54.7 Å². The maximum absolute atomic E-state index is 13.2. The highest BCUT2D eigenvalue weighted by Gasteiger charge is 2.45. The minimum absolute atomic E-state index is 0.0176. The van der Waals surface area contributed by atoms with Crippen LogP contribution in [0, 0.1) is 5.92 Å². The van der Waals surface area contributed by atoms with E-state index in [1.54, 1.807) is 19.2 Å². The Morgan fingerprint density at radius 1 is 1.33 bits per heavy atom. The number of pyridine rings is 1. The van der Waals surface area contributed by atoms with Crippen LogP contribution in [-0.2, 0) is 0 Å². The number of hydrogen-bond acceptors (Lipinski definition) is 8. The second-order valence-corrected chi connectivity index (χ2v) is 9.66. The highest BCUT2D eigenvalue weighted by atomic mass is 19.3. The number of ether oxygens (including phenoxy) is 1. The third-order valence-electron chi connectivity index (χ3n) is 6.77. The molecular formula is C24H29F2N7O3. The highest BCUT2D eigenvalue weighted by Crippen LogP contribution is 2.42. The number of amides is 1. The fraction of sp³-hybridized carbons (Fsp3) is 0.542. The second-order valence-electron chi connectivity index (χ2n) is 9.66. The van der Waals surface area contributed by atoms with Crippen LogP contribution in [0.2, 0.25) is 0 Å². The highest BCUT2D eigenvalue weighted by molar-refractivity contribution is 5.93. The summed E-state index contributed by atoms with van der Waals surface area (Å²) in [5.41, 5.74) is 1.87. The van der Waals surface area contributed by atoms with Crippen molar-refractivity contribution in [2.75, 3.05) is 31.2 Å². The van der Waals surface area contributed by atoms with Crippen LogP contribution in [0.5, 0.6) is 6.01 Å². The van der Waals surface area contributed by atoms with E-state index in [2.05, 4.69) is 35.4 Å². The fourth-order valence-corrected chi connectivity index (χ4v) is 4.76. The third kappa shape index (κ3) is 5.23. The number of halogens is 2. The third-order valence-corrected chi connectivity index (χ3v) is 6.77. The summed E-state index contributed by atoms with van der Waals surface area (Å²) < 4.78 is 32.0. The van der Waals surface area contributed by atoms with Crippen molar-refractivity contribution < 1.29 is 23.4 Å². The van der Waals surface area contributed by atoms with Crippen LogP contribution in [0.15, 0.2) is 24.4 Å². The first-order valence-corrected chi connectivity index (χ1v) is 12.2. The molecule has 5 rings (SSSR count). The average molecular weight is 502 g/mol. The van der Waals surface area contributed by atoms with Gasteiger partial charge in [0.15, 0.2) is 5.65 Å². The molecule has 0 spiro atoms. The first-order valence-electron chi connectivity index (χ1n) is 12.2. The average Bonchev–Trinajstić information content (AvgIpc) is 3.30. The SMILES string of the molecule is C[C@H](CO)NC(=O)c1cc(N2CCC(c3n[nH]c4ncccc34)CC2)nc(OCC2CC(F)(F)C2)n1. The molecule has 2 aliphatic rings. The van der Waals surface area contributed by atoms with Crippen molar-refractivity contribution in [2.45, 2.75) is 50.5 Å². The van der Waals surface area contributed by atoms with Gasteiger partial charge in [-0.2, -0.15) is 15.1 Å². The van der Waals surface area contributed by atoms with Crippen LogP contribution in [-0.4, -0.2) is 74.4 Å². The molecule has 0 radical (unpaired) electrons. The second kappa shape index (κ2) is 9.92. The molecule has 10 nitrogen and oxygen atoms in total. The number of carbonyl (C=O) groups excluding carboxylic acids is 1. The maximum Gasteiger partial charge on any atom is 0.319 e. The number of nitrogens with zero attached hydrogens (tertiary/aromatic N) is 5. The van der Waals surface area contributed by atoms with Gasteiger partial charge in [0.05, 0.1) is 18.9 Å². The van der Waals surface area contributed by atoms with Gasteiger partial charge in [0.1, 0.15) is 11.5 Å². The predicted octanol–water partition coefficient (Wildman–Crippen LogP) is 2.67. The summed E-state index contributed by atoms with van der Waals surface area (Å²) in [4.78, 5) is 27.8. The van der Waals surface area contributed by atoms with Crippen LogP contribution >= 0.6 is 0 Å². The monoisotopic (exact) mass is 501 g/mol. The largest absolute Gasteiger partial charge is 0.463 e. The van der Waals surface area contributed by atoms with Gasteiger partial charge in [0.25, 0.3) is 5.91 Å². The fourth-order valence-electron chi connectivity index (χ4n) is 4.76. The summed E-state index contributed by atoms with van der Waals surface area (Å²) in [6.07, 6.45) is 2.94. The minimum atomic E-state index is -2.64. The molecular weight excluding hydrogens is 472 g/mol. The van der Waals surface area contributed by atoms with E-state index < -0.39 is 17.9 Å². The molecule has 1 amide bonds. The standard InChI is InChI=1S/C24H29F2N7O3/c1-14(12-34)28-22(35)18-9-19(30-23(29-18)36-13-15-10-24(25,26)11-15)33-7-4-16(5-8-33)20-17-3-2-6-27-21(17)32-31-20/h2-3,6,9,14-16,34H,4-5,7-8,10-13H2,1H3,(H,28,35)(H,27,31,32)/t14-/m1/s1. The number of rotatable bonds is 8. The molecule has 3 aromatic heterocycles. The predicted molar refractivity (Wildman–Crippen MR) is 127 cm³/mol. The summed E-state index contributed by atoms with van der Waals surface area (Å²) >= 11 is 0. The summed E-state index contributed by atoms with van der Waals surface area (Å²) in [5, 5.41) is 20.5. The molecule has 1 atom stereocenters. The van der Waals surface area contributed by atoms with Crippen molar-refractivity contribution in [1.82, 2.24) is 30.5 Å². The summed E-state index contributed by atoms with van der Waals surface area (Å²) in [5.74, 6) is -2.58. The molecule has 1 aliphatic carbocycles. The molecule has 0 bridgehead atoms. The normalized spacial score (nSPS) is 19.2. The number of carbonyl (C=O) groups is 1.